The molecule has 0 aromatic heterocycles. The Morgan fingerprint density at radius 2 is 1.91 bits per heavy atom. The number of rotatable bonds is 1. The summed E-state index contributed by atoms with van der Waals surface area (Å²) < 4.78 is 0. The van der Waals surface area contributed by atoms with Gasteiger partial charge in [-0.1, -0.05) is 18.2 Å². The average Bonchev–Trinajstić information content (AvgIpc) is 1.88. The van der Waals surface area contributed by atoms with Gasteiger partial charge in [0.1, 0.15) is 0 Å². The Bertz CT molecular complexity index is 258. The summed E-state index contributed by atoms with van der Waals surface area (Å²) in [5.41, 5.74) is 1.18. The van der Waals surface area contributed by atoms with E-state index in [4.69, 9.17) is 5.11 Å². The first-order valence-electron chi connectivity index (χ1n) is 3.01. The van der Waals surface area contributed by atoms with Crippen LogP contribution < -0.4 is 0 Å². The number of carbonyl (C=O) groups is 1. The number of aryl methyl sites for hydroxylation is 1. The summed E-state index contributed by atoms with van der Waals surface area (Å²) in [6, 6.07) is 6.92. The molecular weight excluding hydrogens is 329 g/mol. The minimum atomic E-state index is -0.863. The summed E-state index contributed by atoms with van der Waals surface area (Å²) in [5, 5.41) is 8.57. The zero-order chi connectivity index (χ0) is 7.56. The molecule has 0 saturated carbocycles. The summed E-state index contributed by atoms with van der Waals surface area (Å²) in [7, 11) is 0. The first-order chi connectivity index (χ1) is 4.72. The molecule has 3 heteroatoms. The van der Waals surface area contributed by atoms with Crippen molar-refractivity contribution in [2.75, 3.05) is 0 Å². The molecular formula is C8H8HgO2. The fraction of sp³-hybridized carbons (Fsp3) is 0.125. The maximum Gasteiger partial charge on any atom is 0.335 e. The molecule has 0 bridgehead atoms. The van der Waals surface area contributed by atoms with Gasteiger partial charge in [0.15, 0.2) is 0 Å². The quantitative estimate of drug-likeness (QED) is 0.793. The van der Waals surface area contributed by atoms with E-state index >= 15 is 0 Å². The number of aromatic carboxylic acids is 1. The van der Waals surface area contributed by atoms with Crippen LogP contribution >= 0.6 is 0 Å². The van der Waals surface area contributed by atoms with Gasteiger partial charge in [-0.25, -0.2) is 4.79 Å². The number of hydrogen-bond acceptors (Lipinski definition) is 1. The van der Waals surface area contributed by atoms with Gasteiger partial charge in [0, 0.05) is 27.7 Å². The molecule has 1 rings (SSSR count). The molecule has 0 unspecified atom stereocenters. The Labute approximate surface area is 85.7 Å². The zero-order valence-corrected chi connectivity index (χ0v) is 11.9. The standard InChI is InChI=1S/C8H8O2.Hg/c1-6-4-2-3-5-7(6)8(9)10;/h2-5H,1H3,(H,9,10);. The molecule has 0 fully saturated rings. The van der Waals surface area contributed by atoms with Gasteiger partial charge in [0.25, 0.3) is 0 Å². The molecule has 2 nitrogen and oxygen atoms in total. The summed E-state index contributed by atoms with van der Waals surface area (Å²) >= 11 is 0. The average molecular weight is 337 g/mol. The predicted octanol–water partition coefficient (Wildman–Crippen LogP) is 1.69. The van der Waals surface area contributed by atoms with Crippen LogP contribution in [0.4, 0.5) is 0 Å². The maximum atomic E-state index is 10.4. The summed E-state index contributed by atoms with van der Waals surface area (Å²) in [4.78, 5) is 10.4. The molecule has 1 aromatic carbocycles. The van der Waals surface area contributed by atoms with Crippen molar-refractivity contribution in [3.63, 3.8) is 0 Å². The van der Waals surface area contributed by atoms with E-state index in [-0.39, 0.29) is 27.7 Å². The molecule has 0 amide bonds. The van der Waals surface area contributed by atoms with Crippen molar-refractivity contribution in [1.82, 2.24) is 0 Å². The molecule has 1 aromatic rings. The van der Waals surface area contributed by atoms with Crippen LogP contribution in [0, 0.1) is 6.92 Å². The third-order valence-electron chi connectivity index (χ3n) is 1.38. The molecule has 0 aliphatic carbocycles. The smallest absolute Gasteiger partial charge is 0.335 e. The van der Waals surface area contributed by atoms with Crippen molar-refractivity contribution in [1.29, 1.82) is 0 Å². The predicted molar refractivity (Wildman–Crippen MR) is 38.1 cm³/mol. The van der Waals surface area contributed by atoms with Crippen molar-refractivity contribution in [3.8, 4) is 0 Å². The fourth-order valence-electron chi connectivity index (χ4n) is 0.813. The van der Waals surface area contributed by atoms with Crippen LogP contribution in [0.3, 0.4) is 0 Å². The first-order valence-corrected chi connectivity index (χ1v) is 3.01. The molecule has 0 aliphatic heterocycles. The Balaban J connectivity index is 0.000001000. The molecule has 0 saturated heterocycles. The van der Waals surface area contributed by atoms with Crippen molar-refractivity contribution >= 4 is 5.97 Å². The monoisotopic (exact) mass is 338 g/mol. The Morgan fingerprint density at radius 3 is 2.27 bits per heavy atom. The van der Waals surface area contributed by atoms with Crippen molar-refractivity contribution in [2.45, 2.75) is 6.92 Å². The van der Waals surface area contributed by atoms with Crippen molar-refractivity contribution in [3.05, 3.63) is 35.4 Å². The fourth-order valence-corrected chi connectivity index (χ4v) is 0.813. The van der Waals surface area contributed by atoms with Crippen LogP contribution in [-0.4, -0.2) is 11.1 Å². The second-order valence-electron chi connectivity index (χ2n) is 2.12. The minimum absolute atomic E-state index is 0. The van der Waals surface area contributed by atoms with Gasteiger partial charge in [-0.05, 0) is 18.6 Å². The van der Waals surface area contributed by atoms with Gasteiger partial charge in [-0.3, -0.25) is 0 Å². The van der Waals surface area contributed by atoms with Crippen LogP contribution in [-0.2, 0) is 27.7 Å². The number of benzene rings is 1. The van der Waals surface area contributed by atoms with E-state index in [1.165, 1.54) is 0 Å². The Morgan fingerprint density at radius 1 is 1.36 bits per heavy atom. The molecule has 0 aliphatic rings. The number of carboxylic acid groups (broad SMARTS) is 1. The van der Waals surface area contributed by atoms with Crippen LogP contribution in [0.15, 0.2) is 24.3 Å². The summed E-state index contributed by atoms with van der Waals surface area (Å²) in [5.74, 6) is -0.863. The largest absolute Gasteiger partial charge is 0.478 e. The molecule has 0 heterocycles. The molecule has 0 spiro atoms. The van der Waals surface area contributed by atoms with E-state index < -0.39 is 5.97 Å². The van der Waals surface area contributed by atoms with Crippen molar-refractivity contribution < 1.29 is 37.6 Å². The van der Waals surface area contributed by atoms with Crippen molar-refractivity contribution in [2.24, 2.45) is 0 Å². The summed E-state index contributed by atoms with van der Waals surface area (Å²) in [6.07, 6.45) is 0. The molecule has 0 radical (unpaired) electrons. The van der Waals surface area contributed by atoms with E-state index in [1.807, 2.05) is 6.07 Å². The molecule has 54 valence electrons. The third-order valence-corrected chi connectivity index (χ3v) is 1.38. The Hall–Kier alpha value is -0.375. The van der Waals surface area contributed by atoms with Gasteiger partial charge < -0.3 is 5.11 Å². The van der Waals surface area contributed by atoms with Gasteiger partial charge >= 0.3 is 5.97 Å². The van der Waals surface area contributed by atoms with Gasteiger partial charge in [0.2, 0.25) is 0 Å². The molecule has 1 N–H and O–H groups in total. The van der Waals surface area contributed by atoms with E-state index in [0.717, 1.165) is 5.56 Å². The summed E-state index contributed by atoms with van der Waals surface area (Å²) in [6.45, 7) is 1.78. The second-order valence-corrected chi connectivity index (χ2v) is 2.12. The van der Waals surface area contributed by atoms with Crippen LogP contribution in [0.2, 0.25) is 0 Å². The third kappa shape index (κ3) is 2.62. The number of carboxylic acids is 1. The van der Waals surface area contributed by atoms with Crippen LogP contribution in [0.1, 0.15) is 15.9 Å². The van der Waals surface area contributed by atoms with Gasteiger partial charge in [-0.2, -0.15) is 0 Å². The normalized spacial score (nSPS) is 8.45. The Kier molecular flexibility index (Phi) is 4.34. The number of hydrogen-bond donors (Lipinski definition) is 1. The van der Waals surface area contributed by atoms with Crippen LogP contribution in [0.5, 0.6) is 0 Å². The first kappa shape index (κ1) is 10.6. The van der Waals surface area contributed by atoms with Gasteiger partial charge in [-0.15, -0.1) is 0 Å². The van der Waals surface area contributed by atoms with Crippen LogP contribution in [0.25, 0.3) is 0 Å². The van der Waals surface area contributed by atoms with E-state index in [2.05, 4.69) is 0 Å². The van der Waals surface area contributed by atoms with E-state index in [0.29, 0.717) is 5.56 Å². The minimum Gasteiger partial charge on any atom is -0.478 e. The van der Waals surface area contributed by atoms with E-state index in [9.17, 15) is 4.79 Å². The molecule has 0 atom stereocenters. The zero-order valence-electron chi connectivity index (χ0n) is 6.37. The molecule has 11 heavy (non-hydrogen) atoms. The second kappa shape index (κ2) is 4.49. The van der Waals surface area contributed by atoms with E-state index in [1.54, 1.807) is 25.1 Å². The van der Waals surface area contributed by atoms with Gasteiger partial charge in [0.05, 0.1) is 5.56 Å². The topological polar surface area (TPSA) is 37.3 Å². The SMILES string of the molecule is Cc1ccccc1C(=O)O.[Hg]. The maximum absolute atomic E-state index is 10.4.